The largest absolute Gasteiger partial charge is 0.497 e. The molecule has 0 saturated carbocycles. The molecule has 1 saturated heterocycles. The van der Waals surface area contributed by atoms with Gasteiger partial charge in [0.05, 0.1) is 23.6 Å². The maximum Gasteiger partial charge on any atom is 0.410 e. The summed E-state index contributed by atoms with van der Waals surface area (Å²) in [5.74, 6) is 1.05. The number of hydrogen-bond donors (Lipinski definition) is 0. The van der Waals surface area contributed by atoms with Gasteiger partial charge in [-0.1, -0.05) is 31.5 Å². The van der Waals surface area contributed by atoms with Crippen LogP contribution in [0.15, 0.2) is 47.6 Å². The number of amides is 1. The quantitative estimate of drug-likeness (QED) is 0.282. The fraction of sp³-hybridized carbons (Fsp3) is 0.483. The summed E-state index contributed by atoms with van der Waals surface area (Å²) in [6, 6.07) is 9.91. The lowest BCUT2D eigenvalue weighted by atomic mass is 9.81. The van der Waals surface area contributed by atoms with Crippen molar-refractivity contribution in [2.24, 2.45) is 5.41 Å². The number of benzene rings is 2. The van der Waals surface area contributed by atoms with E-state index in [4.69, 9.17) is 25.8 Å². The highest BCUT2D eigenvalue weighted by atomic mass is 35.5. The summed E-state index contributed by atoms with van der Waals surface area (Å²) in [5.41, 5.74) is 0.680. The molecule has 3 aromatic rings. The van der Waals surface area contributed by atoms with Gasteiger partial charge in [0.1, 0.15) is 29.5 Å². The van der Waals surface area contributed by atoms with E-state index in [0.717, 1.165) is 22.7 Å². The summed E-state index contributed by atoms with van der Waals surface area (Å²) in [6.45, 7) is 12.4. The number of carbonyl (C=O) groups is 1. The van der Waals surface area contributed by atoms with E-state index >= 15 is 0 Å². The smallest absolute Gasteiger partial charge is 0.410 e. The van der Waals surface area contributed by atoms with Crippen molar-refractivity contribution in [3.8, 4) is 11.5 Å². The molecular formula is C29H37ClN4O6S2. The molecule has 1 fully saturated rings. The Hall–Kier alpha value is -3.09. The van der Waals surface area contributed by atoms with Crippen molar-refractivity contribution in [2.45, 2.75) is 71.1 Å². The second-order valence-electron chi connectivity index (χ2n) is 11.9. The Bertz CT molecular complexity index is 1520. The molecule has 1 aromatic heterocycles. The number of piperidine rings is 1. The average Bonchev–Trinajstić information content (AvgIpc) is 3.43. The van der Waals surface area contributed by atoms with Crippen LogP contribution in [0.1, 0.15) is 52.2 Å². The minimum atomic E-state index is -4.07. The number of halogens is 1. The maximum absolute atomic E-state index is 13.9. The Labute approximate surface area is 256 Å². The molecule has 1 amide bonds. The number of hydrogen-bond acceptors (Lipinski definition) is 9. The Balaban J connectivity index is 1.54. The number of carbonyl (C=O) groups excluding carboxylic acids is 1. The van der Waals surface area contributed by atoms with Crippen LogP contribution in [-0.2, 0) is 21.3 Å². The SMILES string of the molecule is COc1ccc(CN(c2ncns2)S(=O)(=O)c2ccc(OC3CCN(C(=O)OC(C)(C)C)CC3(C)C)c(Cl)c2)c(C)c1. The highest BCUT2D eigenvalue weighted by molar-refractivity contribution is 7.93. The van der Waals surface area contributed by atoms with Gasteiger partial charge in [0, 0.05) is 36.5 Å². The lowest BCUT2D eigenvalue weighted by molar-refractivity contribution is -0.0280. The van der Waals surface area contributed by atoms with Crippen molar-refractivity contribution < 1.29 is 27.4 Å². The van der Waals surface area contributed by atoms with E-state index in [1.807, 2.05) is 53.7 Å². The van der Waals surface area contributed by atoms with Gasteiger partial charge >= 0.3 is 6.09 Å². The molecule has 1 aliphatic heterocycles. The molecule has 1 unspecified atom stereocenters. The van der Waals surface area contributed by atoms with Gasteiger partial charge in [-0.3, -0.25) is 0 Å². The van der Waals surface area contributed by atoms with Gasteiger partial charge < -0.3 is 19.1 Å². The molecule has 0 radical (unpaired) electrons. The summed E-state index contributed by atoms with van der Waals surface area (Å²) >= 11 is 7.60. The third-order valence-electron chi connectivity index (χ3n) is 6.97. The zero-order valence-corrected chi connectivity index (χ0v) is 27.3. The first-order chi connectivity index (χ1) is 19.6. The van der Waals surface area contributed by atoms with Crippen LogP contribution in [0.2, 0.25) is 5.02 Å². The van der Waals surface area contributed by atoms with E-state index in [1.165, 1.54) is 22.8 Å². The summed E-state index contributed by atoms with van der Waals surface area (Å²) in [5, 5.41) is 0.402. The Kier molecular flexibility index (Phi) is 9.29. The van der Waals surface area contributed by atoms with Gasteiger partial charge in [0.25, 0.3) is 10.0 Å². The second kappa shape index (κ2) is 12.3. The molecule has 0 N–H and O–H groups in total. The topological polar surface area (TPSA) is 111 Å². The normalized spacial score (nSPS) is 17.0. The minimum Gasteiger partial charge on any atom is -0.497 e. The first kappa shape index (κ1) is 31.8. The van der Waals surface area contributed by atoms with E-state index in [1.54, 1.807) is 24.1 Å². The zero-order valence-electron chi connectivity index (χ0n) is 24.9. The van der Waals surface area contributed by atoms with Crippen LogP contribution in [-0.4, -0.2) is 60.7 Å². The highest BCUT2D eigenvalue weighted by Crippen LogP contribution is 2.37. The molecule has 4 rings (SSSR count). The minimum absolute atomic E-state index is 0.000204. The monoisotopic (exact) mass is 636 g/mol. The van der Waals surface area contributed by atoms with E-state index < -0.39 is 21.0 Å². The third-order valence-corrected chi connectivity index (χ3v) is 9.80. The molecule has 0 spiro atoms. The van der Waals surface area contributed by atoms with Gasteiger partial charge in [-0.25, -0.2) is 22.5 Å². The van der Waals surface area contributed by atoms with Gasteiger partial charge in [-0.15, -0.1) is 0 Å². The zero-order chi connectivity index (χ0) is 30.9. The van der Waals surface area contributed by atoms with Crippen molar-refractivity contribution in [2.75, 3.05) is 24.5 Å². The van der Waals surface area contributed by atoms with Crippen molar-refractivity contribution >= 4 is 44.4 Å². The van der Waals surface area contributed by atoms with Crippen molar-refractivity contribution in [3.05, 3.63) is 58.9 Å². The van der Waals surface area contributed by atoms with Crippen LogP contribution >= 0.6 is 23.1 Å². The number of aryl methyl sites for hydroxylation is 1. The van der Waals surface area contributed by atoms with Crippen LogP contribution in [0.5, 0.6) is 11.5 Å². The average molecular weight is 637 g/mol. The van der Waals surface area contributed by atoms with Gasteiger partial charge in [-0.2, -0.15) is 4.37 Å². The van der Waals surface area contributed by atoms with Crippen LogP contribution in [0.3, 0.4) is 0 Å². The first-order valence-electron chi connectivity index (χ1n) is 13.5. The number of sulfonamides is 1. The highest BCUT2D eigenvalue weighted by Gasteiger charge is 2.41. The van der Waals surface area contributed by atoms with Crippen LogP contribution < -0.4 is 13.8 Å². The van der Waals surface area contributed by atoms with E-state index in [2.05, 4.69) is 9.36 Å². The fourth-order valence-corrected chi connectivity index (χ4v) is 7.16. The number of ether oxygens (including phenoxy) is 3. The summed E-state index contributed by atoms with van der Waals surface area (Å²) in [7, 11) is -2.49. The Morgan fingerprint density at radius 3 is 2.52 bits per heavy atom. The standard InChI is InChI=1S/C29H37ClN4O6S2/c1-19-14-21(38-7)9-8-20(19)16-34(26-31-18-32-41-26)42(36,37)22-10-11-24(23(30)15-22)39-25-12-13-33(17-29(25,5)6)27(35)40-28(2,3)4/h8-11,14-15,18,25H,12-13,16-17H2,1-7H3. The van der Waals surface area contributed by atoms with Crippen LogP contribution in [0, 0.1) is 12.3 Å². The first-order valence-corrected chi connectivity index (χ1v) is 16.1. The molecule has 228 valence electrons. The van der Waals surface area contributed by atoms with E-state index in [-0.39, 0.29) is 33.8 Å². The fourth-order valence-electron chi connectivity index (χ4n) is 4.72. The maximum atomic E-state index is 13.9. The second-order valence-corrected chi connectivity index (χ2v) is 14.9. The van der Waals surface area contributed by atoms with Crippen LogP contribution in [0.4, 0.5) is 9.93 Å². The lowest BCUT2D eigenvalue weighted by Gasteiger charge is -2.44. The third kappa shape index (κ3) is 7.27. The molecular weight excluding hydrogens is 600 g/mol. The van der Waals surface area contributed by atoms with Gasteiger partial charge in [-0.05, 0) is 69.2 Å². The molecule has 2 heterocycles. The molecule has 2 aromatic carbocycles. The number of anilines is 1. The summed E-state index contributed by atoms with van der Waals surface area (Å²) in [6.07, 6.45) is 1.27. The van der Waals surface area contributed by atoms with Crippen molar-refractivity contribution in [1.82, 2.24) is 14.3 Å². The number of aromatic nitrogens is 2. The summed E-state index contributed by atoms with van der Waals surface area (Å²) < 4.78 is 50.2. The number of nitrogens with zero attached hydrogens (tertiary/aromatic N) is 4. The Morgan fingerprint density at radius 2 is 1.95 bits per heavy atom. The molecule has 0 aliphatic carbocycles. The van der Waals surface area contributed by atoms with E-state index in [0.29, 0.717) is 31.0 Å². The van der Waals surface area contributed by atoms with Crippen molar-refractivity contribution in [3.63, 3.8) is 0 Å². The number of rotatable bonds is 8. The molecule has 1 aliphatic rings. The number of methoxy groups -OCH3 is 1. The molecule has 0 bridgehead atoms. The molecule has 13 heteroatoms. The van der Waals surface area contributed by atoms with Gasteiger partial charge in [0.15, 0.2) is 0 Å². The van der Waals surface area contributed by atoms with E-state index in [9.17, 15) is 13.2 Å². The van der Waals surface area contributed by atoms with Gasteiger partial charge in [0.2, 0.25) is 5.13 Å². The lowest BCUT2D eigenvalue weighted by Crippen LogP contribution is -2.53. The molecule has 1 atom stereocenters. The molecule has 42 heavy (non-hydrogen) atoms. The van der Waals surface area contributed by atoms with Crippen LogP contribution in [0.25, 0.3) is 0 Å². The predicted molar refractivity (Wildman–Crippen MR) is 163 cm³/mol. The number of likely N-dealkylation sites (tertiary alicyclic amines) is 1. The molecule has 10 nitrogen and oxygen atoms in total. The summed E-state index contributed by atoms with van der Waals surface area (Å²) in [4.78, 5) is 18.5. The van der Waals surface area contributed by atoms with Crippen molar-refractivity contribution in [1.29, 1.82) is 0 Å². The predicted octanol–water partition coefficient (Wildman–Crippen LogP) is 6.32. The Morgan fingerprint density at radius 1 is 1.21 bits per heavy atom.